The lowest BCUT2D eigenvalue weighted by Gasteiger charge is -2.22. The van der Waals surface area contributed by atoms with E-state index in [4.69, 9.17) is 5.11 Å². The average molecular weight is 207 g/mol. The minimum atomic E-state index is -3.14. The standard InChI is InChI=1S/C8H17NO3S/c1-7(5-10)9(2)13(11,12)6-8-3-4-8/h7-8,10H,3-6H2,1-2H3. The predicted octanol–water partition coefficient (Wildman–Crippen LogP) is 0.0388. The van der Waals surface area contributed by atoms with Crippen molar-refractivity contribution in [2.75, 3.05) is 19.4 Å². The Kier molecular flexibility index (Phi) is 3.32. The summed E-state index contributed by atoms with van der Waals surface area (Å²) in [5.74, 6) is 0.603. The van der Waals surface area contributed by atoms with Crippen LogP contribution in [-0.2, 0) is 10.0 Å². The van der Waals surface area contributed by atoms with E-state index in [9.17, 15) is 8.42 Å². The monoisotopic (exact) mass is 207 g/mol. The Balaban J connectivity index is 2.56. The molecule has 0 aromatic carbocycles. The van der Waals surface area contributed by atoms with E-state index >= 15 is 0 Å². The summed E-state index contributed by atoms with van der Waals surface area (Å²) < 4.78 is 24.5. The number of likely N-dealkylation sites (N-methyl/N-ethyl adjacent to an activating group) is 1. The highest BCUT2D eigenvalue weighted by atomic mass is 32.2. The summed E-state index contributed by atoms with van der Waals surface area (Å²) >= 11 is 0. The zero-order valence-corrected chi connectivity index (χ0v) is 8.92. The first-order valence-corrected chi connectivity index (χ1v) is 6.15. The zero-order valence-electron chi connectivity index (χ0n) is 8.10. The molecule has 0 radical (unpaired) electrons. The largest absolute Gasteiger partial charge is 0.395 e. The molecule has 0 aliphatic heterocycles. The van der Waals surface area contributed by atoms with Crippen molar-refractivity contribution in [3.05, 3.63) is 0 Å². The van der Waals surface area contributed by atoms with Crippen molar-refractivity contribution in [2.24, 2.45) is 5.92 Å². The molecule has 1 N–H and O–H groups in total. The number of hydrogen-bond donors (Lipinski definition) is 1. The van der Waals surface area contributed by atoms with Crippen LogP contribution in [0.4, 0.5) is 0 Å². The van der Waals surface area contributed by atoms with Crippen molar-refractivity contribution in [1.82, 2.24) is 4.31 Å². The third kappa shape index (κ3) is 2.93. The Morgan fingerprint density at radius 3 is 2.46 bits per heavy atom. The van der Waals surface area contributed by atoms with Crippen LogP contribution in [0.25, 0.3) is 0 Å². The number of sulfonamides is 1. The van der Waals surface area contributed by atoms with Gasteiger partial charge >= 0.3 is 0 Å². The van der Waals surface area contributed by atoms with Gasteiger partial charge in [-0.2, -0.15) is 4.31 Å². The Labute approximate surface area is 79.6 Å². The van der Waals surface area contributed by atoms with Gasteiger partial charge in [0.1, 0.15) is 0 Å². The topological polar surface area (TPSA) is 57.6 Å². The van der Waals surface area contributed by atoms with E-state index < -0.39 is 10.0 Å². The van der Waals surface area contributed by atoms with Gasteiger partial charge in [0.2, 0.25) is 10.0 Å². The van der Waals surface area contributed by atoms with E-state index in [-0.39, 0.29) is 18.4 Å². The molecule has 4 nitrogen and oxygen atoms in total. The van der Waals surface area contributed by atoms with Crippen molar-refractivity contribution in [2.45, 2.75) is 25.8 Å². The molecule has 0 aromatic rings. The molecule has 1 saturated carbocycles. The van der Waals surface area contributed by atoms with Crippen LogP contribution < -0.4 is 0 Å². The first kappa shape index (κ1) is 10.9. The van der Waals surface area contributed by atoms with Gasteiger partial charge in [-0.3, -0.25) is 0 Å². The van der Waals surface area contributed by atoms with Crippen molar-refractivity contribution in [3.63, 3.8) is 0 Å². The summed E-state index contributed by atoms with van der Waals surface area (Å²) in [5.41, 5.74) is 0. The molecular weight excluding hydrogens is 190 g/mol. The summed E-state index contributed by atoms with van der Waals surface area (Å²) in [6.45, 7) is 1.57. The molecule has 0 spiro atoms. The maximum absolute atomic E-state index is 11.6. The molecule has 0 aromatic heterocycles. The van der Waals surface area contributed by atoms with E-state index in [1.807, 2.05) is 0 Å². The Hall–Kier alpha value is -0.130. The number of aliphatic hydroxyl groups excluding tert-OH is 1. The van der Waals surface area contributed by atoms with Gasteiger partial charge in [-0.1, -0.05) is 0 Å². The molecule has 1 rings (SSSR count). The molecule has 1 aliphatic carbocycles. The second kappa shape index (κ2) is 3.94. The second-order valence-electron chi connectivity index (χ2n) is 3.77. The molecule has 1 fully saturated rings. The molecule has 1 unspecified atom stereocenters. The van der Waals surface area contributed by atoms with E-state index in [2.05, 4.69) is 0 Å². The molecule has 0 saturated heterocycles. The smallest absolute Gasteiger partial charge is 0.214 e. The van der Waals surface area contributed by atoms with Gasteiger partial charge < -0.3 is 5.11 Å². The van der Waals surface area contributed by atoms with Crippen LogP contribution in [0.3, 0.4) is 0 Å². The van der Waals surface area contributed by atoms with Crippen LogP contribution in [0, 0.1) is 5.92 Å². The van der Waals surface area contributed by atoms with E-state index in [0.29, 0.717) is 5.92 Å². The van der Waals surface area contributed by atoms with Crippen LogP contribution in [-0.4, -0.2) is 43.3 Å². The highest BCUT2D eigenvalue weighted by Crippen LogP contribution is 2.31. The van der Waals surface area contributed by atoms with Gasteiger partial charge in [0.25, 0.3) is 0 Å². The lowest BCUT2D eigenvalue weighted by molar-refractivity contribution is 0.213. The highest BCUT2D eigenvalue weighted by molar-refractivity contribution is 7.89. The molecule has 0 bridgehead atoms. The summed E-state index contributed by atoms with van der Waals surface area (Å²) in [6, 6.07) is -0.316. The lowest BCUT2D eigenvalue weighted by Crippen LogP contribution is -2.39. The summed E-state index contributed by atoms with van der Waals surface area (Å²) in [7, 11) is -1.61. The molecular formula is C8H17NO3S. The third-order valence-electron chi connectivity index (χ3n) is 2.47. The van der Waals surface area contributed by atoms with Gasteiger partial charge in [-0.15, -0.1) is 0 Å². The van der Waals surface area contributed by atoms with Gasteiger partial charge in [-0.25, -0.2) is 8.42 Å². The fraction of sp³-hybridized carbons (Fsp3) is 1.00. The third-order valence-corrected chi connectivity index (χ3v) is 4.60. The maximum Gasteiger partial charge on any atom is 0.214 e. The van der Waals surface area contributed by atoms with Gasteiger partial charge in [-0.05, 0) is 25.7 Å². The molecule has 13 heavy (non-hydrogen) atoms. The van der Waals surface area contributed by atoms with Crippen LogP contribution in [0.1, 0.15) is 19.8 Å². The number of rotatable bonds is 5. The number of hydrogen-bond acceptors (Lipinski definition) is 3. The van der Waals surface area contributed by atoms with Crippen molar-refractivity contribution in [1.29, 1.82) is 0 Å². The molecule has 5 heteroatoms. The molecule has 0 amide bonds. The Morgan fingerprint density at radius 2 is 2.08 bits per heavy atom. The normalized spacial score (nSPS) is 20.6. The lowest BCUT2D eigenvalue weighted by atomic mass is 10.4. The fourth-order valence-electron chi connectivity index (χ4n) is 1.09. The van der Waals surface area contributed by atoms with Crippen LogP contribution in [0.5, 0.6) is 0 Å². The van der Waals surface area contributed by atoms with Crippen LogP contribution >= 0.6 is 0 Å². The number of nitrogens with zero attached hydrogens (tertiary/aromatic N) is 1. The Morgan fingerprint density at radius 1 is 1.54 bits per heavy atom. The quantitative estimate of drug-likeness (QED) is 0.692. The van der Waals surface area contributed by atoms with Crippen molar-refractivity contribution in [3.8, 4) is 0 Å². The summed E-state index contributed by atoms with van der Waals surface area (Å²) in [4.78, 5) is 0. The van der Waals surface area contributed by atoms with E-state index in [0.717, 1.165) is 12.8 Å². The van der Waals surface area contributed by atoms with E-state index in [1.54, 1.807) is 6.92 Å². The van der Waals surface area contributed by atoms with E-state index in [1.165, 1.54) is 11.4 Å². The summed E-state index contributed by atoms with van der Waals surface area (Å²) in [6.07, 6.45) is 2.06. The van der Waals surface area contributed by atoms with Crippen LogP contribution in [0.15, 0.2) is 0 Å². The minimum absolute atomic E-state index is 0.125. The van der Waals surface area contributed by atoms with Gasteiger partial charge in [0.15, 0.2) is 0 Å². The SMILES string of the molecule is CC(CO)N(C)S(=O)(=O)CC1CC1. The Bertz CT molecular complexity index is 259. The first-order valence-electron chi connectivity index (χ1n) is 4.54. The van der Waals surface area contributed by atoms with Crippen molar-refractivity contribution < 1.29 is 13.5 Å². The van der Waals surface area contributed by atoms with Crippen LogP contribution in [0.2, 0.25) is 0 Å². The highest BCUT2D eigenvalue weighted by Gasteiger charge is 2.31. The van der Waals surface area contributed by atoms with Gasteiger partial charge in [0, 0.05) is 13.1 Å². The van der Waals surface area contributed by atoms with Crippen molar-refractivity contribution >= 4 is 10.0 Å². The average Bonchev–Trinajstić information content (AvgIpc) is 2.84. The minimum Gasteiger partial charge on any atom is -0.395 e. The summed E-state index contributed by atoms with van der Waals surface area (Å²) in [5, 5.41) is 8.81. The molecule has 1 aliphatic rings. The molecule has 78 valence electrons. The second-order valence-corrected chi connectivity index (χ2v) is 5.84. The fourth-order valence-corrected chi connectivity index (χ4v) is 2.87. The maximum atomic E-state index is 11.6. The number of aliphatic hydroxyl groups is 1. The zero-order chi connectivity index (χ0) is 10.1. The first-order chi connectivity index (χ1) is 5.97. The van der Waals surface area contributed by atoms with Gasteiger partial charge in [0.05, 0.1) is 12.4 Å². The molecule has 1 atom stereocenters. The molecule has 0 heterocycles. The predicted molar refractivity (Wildman–Crippen MR) is 50.8 cm³/mol.